The number of fused-ring (bicyclic) bond motifs is 1. The summed E-state index contributed by atoms with van der Waals surface area (Å²) in [4.78, 5) is 28.2. The number of carbonyl (C=O) groups excluding carboxylic acids is 2. The van der Waals surface area contributed by atoms with Gasteiger partial charge < -0.3 is 15.0 Å². The number of likely N-dealkylation sites (N-methyl/N-ethyl adjacent to an activating group) is 1. The molecule has 2 heterocycles. The molecule has 1 atom stereocenters. The van der Waals surface area contributed by atoms with E-state index in [4.69, 9.17) is 4.74 Å². The lowest BCUT2D eigenvalue weighted by Gasteiger charge is -2.22. The number of hydrogen-bond acceptors (Lipinski definition) is 4. The summed E-state index contributed by atoms with van der Waals surface area (Å²) in [6.45, 7) is 13.7. The Balaban J connectivity index is 1.88. The maximum absolute atomic E-state index is 12.9. The normalized spacial score (nSPS) is 16.2. The minimum atomic E-state index is -0.344. The van der Waals surface area contributed by atoms with Crippen molar-refractivity contribution < 1.29 is 19.2 Å². The van der Waals surface area contributed by atoms with E-state index < -0.39 is 0 Å². The zero-order valence-electron chi connectivity index (χ0n) is 18.0. The molecule has 0 spiro atoms. The maximum atomic E-state index is 12.9. The van der Waals surface area contributed by atoms with Crippen LogP contribution in [0.2, 0.25) is 0 Å². The standard InChI is InChI=1S/C23H30N2O3S/c1-6-25-13-12-17-18(14-25)29-21(19(17)22(27)28-7-2)24-20(26)15-8-10-16(11-9-15)23(3,4)5/h8-11H,6-7,12-14H2,1-5H3,(H,24,26)/p+1. The van der Waals surface area contributed by atoms with Crippen molar-refractivity contribution in [1.29, 1.82) is 0 Å². The van der Waals surface area contributed by atoms with Crippen LogP contribution in [-0.4, -0.2) is 31.6 Å². The SMILES string of the molecule is CCOC(=O)c1c(NC(=O)c2ccc(C(C)(C)C)cc2)sc2c1CC[NH+](CC)C2. The Kier molecular flexibility index (Phi) is 6.44. The molecule has 3 rings (SSSR count). The lowest BCUT2D eigenvalue weighted by molar-refractivity contribution is -0.913. The molecule has 2 aromatic rings. The molecule has 29 heavy (non-hydrogen) atoms. The van der Waals surface area contributed by atoms with Gasteiger partial charge >= 0.3 is 5.97 Å². The van der Waals surface area contributed by atoms with Crippen LogP contribution in [0.4, 0.5) is 5.00 Å². The van der Waals surface area contributed by atoms with Crippen LogP contribution in [0, 0.1) is 0 Å². The predicted octanol–water partition coefficient (Wildman–Crippen LogP) is 3.44. The van der Waals surface area contributed by atoms with Crippen molar-refractivity contribution in [3.8, 4) is 0 Å². The Bertz CT molecular complexity index is 894. The van der Waals surface area contributed by atoms with Crippen molar-refractivity contribution in [2.45, 2.75) is 53.0 Å². The van der Waals surface area contributed by atoms with Crippen LogP contribution >= 0.6 is 11.3 Å². The average molecular weight is 416 g/mol. The van der Waals surface area contributed by atoms with Gasteiger partial charge in [0.15, 0.2) is 0 Å². The van der Waals surface area contributed by atoms with Gasteiger partial charge in [0.2, 0.25) is 0 Å². The number of rotatable bonds is 5. The Morgan fingerprint density at radius 2 is 1.86 bits per heavy atom. The molecule has 0 saturated heterocycles. The minimum Gasteiger partial charge on any atom is -0.462 e. The molecule has 156 valence electrons. The van der Waals surface area contributed by atoms with Crippen molar-refractivity contribution in [2.24, 2.45) is 0 Å². The van der Waals surface area contributed by atoms with Gasteiger partial charge in [-0.05, 0) is 42.5 Å². The molecule has 0 bridgehead atoms. The molecule has 6 heteroatoms. The highest BCUT2D eigenvalue weighted by Crippen LogP contribution is 2.35. The van der Waals surface area contributed by atoms with E-state index in [-0.39, 0.29) is 17.3 Å². The van der Waals surface area contributed by atoms with E-state index in [0.29, 0.717) is 22.7 Å². The van der Waals surface area contributed by atoms with Gasteiger partial charge in [0.25, 0.3) is 5.91 Å². The van der Waals surface area contributed by atoms with E-state index in [1.165, 1.54) is 26.7 Å². The summed E-state index contributed by atoms with van der Waals surface area (Å²) in [5.41, 5.74) is 3.38. The Morgan fingerprint density at radius 3 is 2.45 bits per heavy atom. The molecule has 0 fully saturated rings. The van der Waals surface area contributed by atoms with Gasteiger partial charge in [-0.1, -0.05) is 32.9 Å². The van der Waals surface area contributed by atoms with Gasteiger partial charge in [-0.2, -0.15) is 0 Å². The summed E-state index contributed by atoms with van der Waals surface area (Å²) >= 11 is 1.51. The van der Waals surface area contributed by atoms with E-state index >= 15 is 0 Å². The zero-order valence-corrected chi connectivity index (χ0v) is 18.8. The number of thiophene rings is 1. The molecule has 1 aliphatic heterocycles. The zero-order chi connectivity index (χ0) is 21.2. The highest BCUT2D eigenvalue weighted by atomic mass is 32.1. The number of esters is 1. The van der Waals surface area contributed by atoms with Gasteiger partial charge in [-0.25, -0.2) is 4.79 Å². The lowest BCUT2D eigenvalue weighted by Crippen LogP contribution is -3.11. The highest BCUT2D eigenvalue weighted by molar-refractivity contribution is 7.17. The molecular weight excluding hydrogens is 384 g/mol. The van der Waals surface area contributed by atoms with E-state index in [9.17, 15) is 9.59 Å². The first-order valence-electron chi connectivity index (χ1n) is 10.3. The summed E-state index contributed by atoms with van der Waals surface area (Å²) < 4.78 is 5.30. The average Bonchev–Trinajstić information content (AvgIpc) is 3.04. The number of ether oxygens (including phenoxy) is 1. The van der Waals surface area contributed by atoms with Crippen LogP contribution in [-0.2, 0) is 23.1 Å². The van der Waals surface area contributed by atoms with Gasteiger partial charge in [0.1, 0.15) is 11.5 Å². The van der Waals surface area contributed by atoms with Crippen molar-refractivity contribution in [1.82, 2.24) is 0 Å². The third-order valence-electron chi connectivity index (χ3n) is 5.45. The number of amides is 1. The molecule has 0 radical (unpaired) electrons. The fraction of sp³-hybridized carbons (Fsp3) is 0.478. The van der Waals surface area contributed by atoms with Crippen LogP contribution < -0.4 is 10.2 Å². The number of anilines is 1. The molecule has 2 N–H and O–H groups in total. The predicted molar refractivity (Wildman–Crippen MR) is 117 cm³/mol. The molecule has 0 aliphatic carbocycles. The largest absolute Gasteiger partial charge is 0.462 e. The summed E-state index contributed by atoms with van der Waals surface area (Å²) in [6.07, 6.45) is 0.833. The summed E-state index contributed by atoms with van der Waals surface area (Å²) in [6, 6.07) is 7.67. The fourth-order valence-electron chi connectivity index (χ4n) is 3.64. The summed E-state index contributed by atoms with van der Waals surface area (Å²) in [5, 5.41) is 3.59. The second-order valence-electron chi connectivity index (χ2n) is 8.49. The van der Waals surface area contributed by atoms with E-state index in [1.54, 1.807) is 6.92 Å². The number of hydrogen-bond donors (Lipinski definition) is 2. The van der Waals surface area contributed by atoms with Crippen molar-refractivity contribution >= 4 is 28.2 Å². The molecule has 5 nitrogen and oxygen atoms in total. The third-order valence-corrected chi connectivity index (χ3v) is 6.60. The monoisotopic (exact) mass is 415 g/mol. The smallest absolute Gasteiger partial charge is 0.341 e. The van der Waals surface area contributed by atoms with Crippen LogP contribution in [0.15, 0.2) is 24.3 Å². The molecule has 1 aromatic heterocycles. The van der Waals surface area contributed by atoms with E-state index in [2.05, 4.69) is 33.0 Å². The quantitative estimate of drug-likeness (QED) is 0.736. The first kappa shape index (κ1) is 21.5. The maximum Gasteiger partial charge on any atom is 0.341 e. The van der Waals surface area contributed by atoms with Gasteiger partial charge in [-0.3, -0.25) is 4.79 Å². The summed E-state index contributed by atoms with van der Waals surface area (Å²) in [5.74, 6) is -0.544. The first-order chi connectivity index (χ1) is 13.7. The Hall–Kier alpha value is -2.18. The Morgan fingerprint density at radius 1 is 1.17 bits per heavy atom. The topological polar surface area (TPSA) is 59.8 Å². The number of carbonyl (C=O) groups is 2. The first-order valence-corrected chi connectivity index (χ1v) is 11.1. The van der Waals surface area contributed by atoms with E-state index in [0.717, 1.165) is 31.6 Å². The number of nitrogens with one attached hydrogen (secondary N) is 2. The number of quaternary nitrogens is 1. The second kappa shape index (κ2) is 8.67. The van der Waals surface area contributed by atoms with Gasteiger partial charge in [-0.15, -0.1) is 11.3 Å². The summed E-state index contributed by atoms with van der Waals surface area (Å²) in [7, 11) is 0. The van der Waals surface area contributed by atoms with Gasteiger partial charge in [0.05, 0.1) is 30.1 Å². The Labute approximate surface area is 177 Å². The lowest BCUT2D eigenvalue weighted by atomic mass is 9.87. The second-order valence-corrected chi connectivity index (χ2v) is 9.60. The molecule has 1 unspecified atom stereocenters. The fourth-order valence-corrected chi connectivity index (χ4v) is 4.94. The van der Waals surface area contributed by atoms with Gasteiger partial charge in [0, 0.05) is 12.0 Å². The molecule has 1 amide bonds. The number of benzene rings is 1. The van der Waals surface area contributed by atoms with Crippen LogP contribution in [0.5, 0.6) is 0 Å². The third kappa shape index (κ3) is 4.70. The van der Waals surface area contributed by atoms with Crippen molar-refractivity contribution in [3.05, 3.63) is 51.4 Å². The van der Waals surface area contributed by atoms with Crippen LogP contribution in [0.1, 0.15) is 71.3 Å². The van der Waals surface area contributed by atoms with Crippen molar-refractivity contribution in [2.75, 3.05) is 25.0 Å². The van der Waals surface area contributed by atoms with Crippen molar-refractivity contribution in [3.63, 3.8) is 0 Å². The molecule has 0 saturated carbocycles. The molecule has 1 aliphatic rings. The minimum absolute atomic E-state index is 0.0341. The highest BCUT2D eigenvalue weighted by Gasteiger charge is 2.31. The molecule has 1 aromatic carbocycles. The van der Waals surface area contributed by atoms with E-state index in [1.807, 2.05) is 24.3 Å². The molecular formula is C23H31N2O3S+. The van der Waals surface area contributed by atoms with Crippen LogP contribution in [0.25, 0.3) is 0 Å². The van der Waals surface area contributed by atoms with Crippen LogP contribution in [0.3, 0.4) is 0 Å².